The predicted molar refractivity (Wildman–Crippen MR) is 66.7 cm³/mol. The molecule has 14 heavy (non-hydrogen) atoms. The monoisotopic (exact) mass is 286 g/mol. The first-order valence-electron chi connectivity index (χ1n) is 3.96. The first-order chi connectivity index (χ1) is 6.77. The molecule has 72 valence electrons. The molecule has 0 bridgehead atoms. The Hall–Kier alpha value is -0.320. The Morgan fingerprint density at radius 2 is 2.29 bits per heavy atom. The van der Waals surface area contributed by atoms with Crippen LogP contribution in [-0.2, 0) is 0 Å². The van der Waals surface area contributed by atoms with Crippen LogP contribution in [0.2, 0.25) is 0 Å². The van der Waals surface area contributed by atoms with Crippen molar-refractivity contribution < 1.29 is 4.79 Å². The minimum atomic E-state index is 0.788. The second-order valence-corrected chi connectivity index (χ2v) is 5.34. The van der Waals surface area contributed by atoms with Crippen LogP contribution in [0.1, 0.15) is 10.4 Å². The number of hydrogen-bond acceptors (Lipinski definition) is 3. The third kappa shape index (κ3) is 1.51. The number of thiophene rings is 1. The Labute approximate surface area is 98.6 Å². The van der Waals surface area contributed by atoms with Crippen LogP contribution in [0.5, 0.6) is 0 Å². The number of carbonyl (C=O) groups excluding carboxylic acids is 1. The molecule has 0 aliphatic heterocycles. The highest BCUT2D eigenvalue weighted by atomic mass is 79.9. The van der Waals surface area contributed by atoms with Gasteiger partial charge >= 0.3 is 0 Å². The van der Waals surface area contributed by atoms with Crippen LogP contribution in [0.15, 0.2) is 26.9 Å². The van der Waals surface area contributed by atoms with Gasteiger partial charge in [-0.1, -0.05) is 0 Å². The molecule has 1 aromatic heterocycles. The fourth-order valence-electron chi connectivity index (χ4n) is 1.38. The standard InChI is InChI=1S/C10H7BrOS2/c1-13-10-7(11)2-3-8-9(10)6(4-12)5-14-8/h2-5H,1H3. The first kappa shape index (κ1) is 10.2. The number of carbonyl (C=O) groups is 1. The summed E-state index contributed by atoms with van der Waals surface area (Å²) < 4.78 is 2.22. The van der Waals surface area contributed by atoms with Gasteiger partial charge in [-0.15, -0.1) is 23.1 Å². The molecule has 0 saturated carbocycles. The summed E-state index contributed by atoms with van der Waals surface area (Å²) >= 11 is 6.76. The van der Waals surface area contributed by atoms with E-state index in [2.05, 4.69) is 15.9 Å². The quantitative estimate of drug-likeness (QED) is 0.608. The number of halogens is 1. The van der Waals surface area contributed by atoms with Gasteiger partial charge in [0, 0.05) is 30.4 Å². The molecule has 0 aliphatic rings. The SMILES string of the molecule is CSc1c(Br)ccc2scc(C=O)c12. The Bertz CT molecular complexity index is 490. The van der Waals surface area contributed by atoms with Crippen molar-refractivity contribution in [3.05, 3.63) is 27.5 Å². The van der Waals surface area contributed by atoms with Crippen LogP contribution in [0.25, 0.3) is 10.1 Å². The molecule has 0 spiro atoms. The normalized spacial score (nSPS) is 10.7. The van der Waals surface area contributed by atoms with Gasteiger partial charge in [-0.3, -0.25) is 4.79 Å². The smallest absolute Gasteiger partial charge is 0.151 e. The van der Waals surface area contributed by atoms with E-state index in [0.717, 1.165) is 26.6 Å². The Kier molecular flexibility index (Phi) is 2.95. The van der Waals surface area contributed by atoms with E-state index in [1.54, 1.807) is 23.1 Å². The maximum atomic E-state index is 10.8. The van der Waals surface area contributed by atoms with E-state index in [1.165, 1.54) is 4.70 Å². The highest BCUT2D eigenvalue weighted by Crippen LogP contribution is 2.37. The topological polar surface area (TPSA) is 17.1 Å². The minimum Gasteiger partial charge on any atom is -0.298 e. The van der Waals surface area contributed by atoms with Gasteiger partial charge in [-0.25, -0.2) is 0 Å². The number of hydrogen-bond donors (Lipinski definition) is 0. The van der Waals surface area contributed by atoms with Gasteiger partial charge in [-0.2, -0.15) is 0 Å². The largest absolute Gasteiger partial charge is 0.298 e. The lowest BCUT2D eigenvalue weighted by Crippen LogP contribution is -1.80. The molecule has 2 aromatic rings. The lowest BCUT2D eigenvalue weighted by molar-refractivity contribution is 0.112. The molecule has 1 heterocycles. The molecule has 0 saturated heterocycles. The predicted octanol–water partition coefficient (Wildman–Crippen LogP) is 4.20. The van der Waals surface area contributed by atoms with Crippen molar-refractivity contribution in [2.45, 2.75) is 4.90 Å². The average Bonchev–Trinajstić information content (AvgIpc) is 2.61. The van der Waals surface area contributed by atoms with Crippen molar-refractivity contribution in [3.63, 3.8) is 0 Å². The van der Waals surface area contributed by atoms with Crippen LogP contribution >= 0.6 is 39.0 Å². The number of aldehydes is 1. The van der Waals surface area contributed by atoms with E-state index in [-0.39, 0.29) is 0 Å². The van der Waals surface area contributed by atoms with E-state index in [9.17, 15) is 4.79 Å². The highest BCUT2D eigenvalue weighted by molar-refractivity contribution is 9.10. The molecular weight excluding hydrogens is 280 g/mol. The number of rotatable bonds is 2. The second kappa shape index (κ2) is 4.04. The van der Waals surface area contributed by atoms with E-state index >= 15 is 0 Å². The van der Waals surface area contributed by atoms with Crippen molar-refractivity contribution in [2.24, 2.45) is 0 Å². The molecule has 0 fully saturated rings. The van der Waals surface area contributed by atoms with E-state index in [0.29, 0.717) is 0 Å². The Morgan fingerprint density at radius 1 is 1.50 bits per heavy atom. The van der Waals surface area contributed by atoms with Crippen LogP contribution < -0.4 is 0 Å². The maximum Gasteiger partial charge on any atom is 0.151 e. The van der Waals surface area contributed by atoms with E-state index in [1.807, 2.05) is 23.8 Å². The third-order valence-corrected chi connectivity index (χ3v) is 4.73. The third-order valence-electron chi connectivity index (χ3n) is 2.00. The lowest BCUT2D eigenvalue weighted by atomic mass is 10.2. The summed E-state index contributed by atoms with van der Waals surface area (Å²) in [6, 6.07) is 4.07. The summed E-state index contributed by atoms with van der Waals surface area (Å²) in [5, 5.41) is 2.98. The van der Waals surface area contributed by atoms with Gasteiger partial charge in [0.25, 0.3) is 0 Å². The fourth-order valence-corrected chi connectivity index (χ4v) is 3.87. The number of benzene rings is 1. The minimum absolute atomic E-state index is 0.788. The van der Waals surface area contributed by atoms with E-state index in [4.69, 9.17) is 0 Å². The molecule has 0 atom stereocenters. The number of thioether (sulfide) groups is 1. The summed E-state index contributed by atoms with van der Waals surface area (Å²) in [4.78, 5) is 12.0. The molecule has 0 aliphatic carbocycles. The lowest BCUT2D eigenvalue weighted by Gasteiger charge is -2.02. The molecular formula is C10H7BrOS2. The zero-order valence-electron chi connectivity index (χ0n) is 7.41. The van der Waals surface area contributed by atoms with Crippen molar-refractivity contribution in [1.82, 2.24) is 0 Å². The van der Waals surface area contributed by atoms with Crippen LogP contribution in [-0.4, -0.2) is 12.5 Å². The van der Waals surface area contributed by atoms with Crippen molar-refractivity contribution >= 4 is 55.4 Å². The van der Waals surface area contributed by atoms with Gasteiger partial charge in [0.1, 0.15) is 0 Å². The van der Waals surface area contributed by atoms with Crippen molar-refractivity contribution in [2.75, 3.05) is 6.26 Å². The summed E-state index contributed by atoms with van der Waals surface area (Å²) in [7, 11) is 0. The van der Waals surface area contributed by atoms with Gasteiger partial charge in [-0.05, 0) is 34.3 Å². The molecule has 0 N–H and O–H groups in total. The van der Waals surface area contributed by atoms with Crippen LogP contribution in [0, 0.1) is 0 Å². The maximum absolute atomic E-state index is 10.8. The Morgan fingerprint density at radius 3 is 2.93 bits per heavy atom. The van der Waals surface area contributed by atoms with Crippen molar-refractivity contribution in [3.8, 4) is 0 Å². The second-order valence-electron chi connectivity index (χ2n) is 2.76. The summed E-state index contributed by atoms with van der Waals surface area (Å²) in [5.41, 5.74) is 0.788. The fraction of sp³-hybridized carbons (Fsp3) is 0.100. The molecule has 0 radical (unpaired) electrons. The van der Waals surface area contributed by atoms with Crippen LogP contribution in [0.4, 0.5) is 0 Å². The molecule has 4 heteroatoms. The average molecular weight is 287 g/mol. The highest BCUT2D eigenvalue weighted by Gasteiger charge is 2.10. The molecule has 0 unspecified atom stereocenters. The Balaban J connectivity index is 2.88. The first-order valence-corrected chi connectivity index (χ1v) is 6.86. The summed E-state index contributed by atoms with van der Waals surface area (Å²) in [6.07, 6.45) is 2.94. The van der Waals surface area contributed by atoms with Crippen molar-refractivity contribution in [1.29, 1.82) is 0 Å². The van der Waals surface area contributed by atoms with E-state index < -0.39 is 0 Å². The zero-order valence-corrected chi connectivity index (χ0v) is 10.6. The molecule has 1 aromatic carbocycles. The van der Waals surface area contributed by atoms with Crippen LogP contribution in [0.3, 0.4) is 0 Å². The molecule has 2 rings (SSSR count). The summed E-state index contributed by atoms with van der Waals surface area (Å²) in [6.45, 7) is 0. The van der Waals surface area contributed by atoms with Gasteiger partial charge in [0.15, 0.2) is 6.29 Å². The summed E-state index contributed by atoms with van der Waals surface area (Å²) in [5.74, 6) is 0. The van der Waals surface area contributed by atoms with Gasteiger partial charge < -0.3 is 0 Å². The molecule has 0 amide bonds. The zero-order chi connectivity index (χ0) is 10.1. The number of fused-ring (bicyclic) bond motifs is 1. The molecule has 1 nitrogen and oxygen atoms in total. The van der Waals surface area contributed by atoms with Gasteiger partial charge in [0.05, 0.1) is 0 Å². The van der Waals surface area contributed by atoms with Gasteiger partial charge in [0.2, 0.25) is 0 Å².